The summed E-state index contributed by atoms with van der Waals surface area (Å²) in [6.07, 6.45) is 12.6. The van der Waals surface area contributed by atoms with Gasteiger partial charge in [0.05, 0.1) is 18.2 Å². The Kier molecular flexibility index (Phi) is 9.10. The molecule has 0 unspecified atom stereocenters. The molecule has 0 saturated heterocycles. The predicted octanol–water partition coefficient (Wildman–Crippen LogP) is 11.1. The first kappa shape index (κ1) is 36.8. The second-order valence-electron chi connectivity index (χ2n) is 18.4. The molecule has 0 fully saturated rings. The molecule has 0 aromatic heterocycles. The Morgan fingerprint density at radius 1 is 0.698 bits per heavy atom. The minimum Gasteiger partial charge on any atom is -0.467 e. The fourth-order valence-electron chi connectivity index (χ4n) is 9.47. The van der Waals surface area contributed by atoms with Crippen molar-refractivity contribution in [2.24, 2.45) is 0 Å². The van der Waals surface area contributed by atoms with Gasteiger partial charge in [0.2, 0.25) is 0 Å². The summed E-state index contributed by atoms with van der Waals surface area (Å²) < 4.78 is 11.8. The van der Waals surface area contributed by atoms with Gasteiger partial charge in [-0.15, -0.1) is 0 Å². The second kappa shape index (κ2) is 13.1. The van der Waals surface area contributed by atoms with Crippen molar-refractivity contribution in [3.05, 3.63) is 91.3 Å². The molecule has 276 valence electrons. The molecule has 0 bridgehead atoms. The number of methoxy groups -OCH3 is 1. The summed E-state index contributed by atoms with van der Waals surface area (Å²) in [5.74, 6) is 0.839. The summed E-state index contributed by atoms with van der Waals surface area (Å²) in [6.45, 7) is 33.7. The minimum atomic E-state index is -0.0803. The number of nitriles is 1. The van der Waals surface area contributed by atoms with Crippen molar-refractivity contribution in [2.75, 3.05) is 49.9 Å². The number of ether oxygens (including phenoxy) is 2. The molecule has 0 aliphatic carbocycles. The average Bonchev–Trinajstić information content (AvgIpc) is 3.10. The fourth-order valence-corrected chi connectivity index (χ4v) is 9.47. The standard InChI is InChI=1S/C47H56N4O2/c1-30-31(25-36-41-39(30)46(6,7)18-22-50(41)20-16-44(36,2)3)12-14-33-24-35(28-48)32(27-38(33)49-10)13-15-34-26-37-42-40(43(34)53-29-52-11)47(8,9)19-23-51(42)21-17-45(37,4)5/h12-15,24-27H,16-23,29H2,1-9,11H3/b14-12+,15-13+. The molecule has 6 heteroatoms. The zero-order valence-corrected chi connectivity index (χ0v) is 33.6. The average molecular weight is 709 g/mol. The molecule has 3 aromatic carbocycles. The fraction of sp³-hybridized carbons (Fsp3) is 0.489. The second-order valence-corrected chi connectivity index (χ2v) is 18.4. The Balaban J connectivity index is 1.31. The molecule has 53 heavy (non-hydrogen) atoms. The zero-order chi connectivity index (χ0) is 38.1. The van der Waals surface area contributed by atoms with Gasteiger partial charge >= 0.3 is 0 Å². The first-order chi connectivity index (χ1) is 25.0. The number of benzene rings is 3. The van der Waals surface area contributed by atoms with Crippen molar-refractivity contribution in [3.8, 4) is 11.8 Å². The van der Waals surface area contributed by atoms with Crippen molar-refractivity contribution >= 4 is 41.4 Å². The Labute approximate surface area is 317 Å². The van der Waals surface area contributed by atoms with Crippen LogP contribution in [0.25, 0.3) is 29.1 Å². The molecular formula is C47H56N4O2. The lowest BCUT2D eigenvalue weighted by Gasteiger charge is -2.49. The third kappa shape index (κ3) is 6.24. The van der Waals surface area contributed by atoms with Crippen molar-refractivity contribution in [1.82, 2.24) is 0 Å². The zero-order valence-electron chi connectivity index (χ0n) is 33.6. The Morgan fingerprint density at radius 3 is 1.75 bits per heavy atom. The van der Waals surface area contributed by atoms with Gasteiger partial charge in [-0.2, -0.15) is 5.26 Å². The summed E-state index contributed by atoms with van der Waals surface area (Å²) in [5.41, 5.74) is 14.3. The smallest absolute Gasteiger partial charge is 0.194 e. The molecule has 0 radical (unpaired) electrons. The van der Waals surface area contributed by atoms with E-state index >= 15 is 0 Å². The Bertz CT molecular complexity index is 2130. The molecule has 3 aromatic rings. The van der Waals surface area contributed by atoms with Gasteiger partial charge < -0.3 is 19.3 Å². The van der Waals surface area contributed by atoms with Crippen LogP contribution in [0.3, 0.4) is 0 Å². The van der Waals surface area contributed by atoms with Crippen molar-refractivity contribution < 1.29 is 9.47 Å². The number of anilines is 2. The molecule has 7 rings (SSSR count). The van der Waals surface area contributed by atoms with Crippen molar-refractivity contribution in [3.63, 3.8) is 0 Å². The number of hydrogen-bond donors (Lipinski definition) is 0. The maximum atomic E-state index is 10.4. The molecule has 0 spiro atoms. The maximum absolute atomic E-state index is 10.4. The van der Waals surface area contributed by atoms with Crippen LogP contribution in [-0.4, -0.2) is 40.1 Å². The van der Waals surface area contributed by atoms with E-state index in [0.29, 0.717) is 11.3 Å². The molecule has 0 N–H and O–H groups in total. The SMILES string of the molecule is [C-]#[N+]c1cc(/C=C/c2cc3c4c(c2OCOC)C(C)(C)CCN4CCC3(C)C)c(C#N)cc1/C=C/c1cc2c3c(c1C)C(C)(C)CCN3CCC2(C)C. The van der Waals surface area contributed by atoms with E-state index in [9.17, 15) is 5.26 Å². The number of rotatable bonds is 7. The van der Waals surface area contributed by atoms with E-state index in [1.165, 1.54) is 44.8 Å². The first-order valence-corrected chi connectivity index (χ1v) is 19.4. The van der Waals surface area contributed by atoms with Gasteiger partial charge in [0.25, 0.3) is 0 Å². The summed E-state index contributed by atoms with van der Waals surface area (Å²) in [7, 11) is 1.65. The molecule has 4 aliphatic heterocycles. The van der Waals surface area contributed by atoms with E-state index in [-0.39, 0.29) is 28.5 Å². The number of hydrogen-bond acceptors (Lipinski definition) is 5. The molecule has 4 aliphatic rings. The maximum Gasteiger partial charge on any atom is 0.194 e. The normalized spacial score (nSPS) is 20.2. The van der Waals surface area contributed by atoms with E-state index < -0.39 is 0 Å². The van der Waals surface area contributed by atoms with E-state index in [1.807, 2.05) is 24.3 Å². The monoisotopic (exact) mass is 708 g/mol. The summed E-state index contributed by atoms with van der Waals surface area (Å²) >= 11 is 0. The van der Waals surface area contributed by atoms with Crippen LogP contribution in [0, 0.1) is 24.8 Å². The Morgan fingerprint density at radius 2 is 1.19 bits per heavy atom. The van der Waals surface area contributed by atoms with Crippen LogP contribution in [0.5, 0.6) is 5.75 Å². The highest BCUT2D eigenvalue weighted by Gasteiger charge is 2.43. The molecule has 0 saturated carbocycles. The van der Waals surface area contributed by atoms with Gasteiger partial charge in [0.15, 0.2) is 12.5 Å². The predicted molar refractivity (Wildman–Crippen MR) is 220 cm³/mol. The van der Waals surface area contributed by atoms with E-state index in [1.54, 1.807) is 7.11 Å². The van der Waals surface area contributed by atoms with Crippen LogP contribution in [0.2, 0.25) is 0 Å². The molecular weight excluding hydrogens is 653 g/mol. The van der Waals surface area contributed by atoms with Crippen LogP contribution in [0.1, 0.15) is 137 Å². The van der Waals surface area contributed by atoms with Crippen LogP contribution in [0.15, 0.2) is 24.3 Å². The van der Waals surface area contributed by atoms with Crippen LogP contribution in [-0.2, 0) is 26.4 Å². The van der Waals surface area contributed by atoms with Gasteiger partial charge in [-0.25, -0.2) is 4.85 Å². The number of nitrogens with zero attached hydrogens (tertiary/aromatic N) is 4. The lowest BCUT2D eigenvalue weighted by atomic mass is 9.67. The van der Waals surface area contributed by atoms with E-state index in [4.69, 9.17) is 16.0 Å². The highest BCUT2D eigenvalue weighted by atomic mass is 16.7. The lowest BCUT2D eigenvalue weighted by Crippen LogP contribution is -2.45. The first-order valence-electron chi connectivity index (χ1n) is 19.4. The molecule has 6 nitrogen and oxygen atoms in total. The minimum absolute atomic E-state index is 0.0124. The largest absolute Gasteiger partial charge is 0.467 e. The highest BCUT2D eigenvalue weighted by Crippen LogP contribution is 2.54. The third-order valence-electron chi connectivity index (χ3n) is 13.0. The van der Waals surface area contributed by atoms with Crippen LogP contribution in [0.4, 0.5) is 17.1 Å². The summed E-state index contributed by atoms with van der Waals surface area (Å²) in [6, 6.07) is 10.8. The van der Waals surface area contributed by atoms with Crippen LogP contribution < -0.4 is 14.5 Å². The summed E-state index contributed by atoms with van der Waals surface area (Å²) in [5, 5.41) is 10.4. The van der Waals surface area contributed by atoms with Gasteiger partial charge in [0.1, 0.15) is 5.75 Å². The molecule has 4 heterocycles. The highest BCUT2D eigenvalue weighted by molar-refractivity contribution is 5.86. The van der Waals surface area contributed by atoms with Gasteiger partial charge in [-0.05, 0) is 117 Å². The van der Waals surface area contributed by atoms with Gasteiger partial charge in [-0.1, -0.05) is 79.7 Å². The summed E-state index contributed by atoms with van der Waals surface area (Å²) in [4.78, 5) is 9.10. The van der Waals surface area contributed by atoms with Gasteiger partial charge in [0, 0.05) is 55.8 Å². The lowest BCUT2D eigenvalue weighted by molar-refractivity contribution is 0.0493. The van der Waals surface area contributed by atoms with Crippen LogP contribution >= 0.6 is 0 Å². The van der Waals surface area contributed by atoms with E-state index in [0.717, 1.165) is 74.3 Å². The van der Waals surface area contributed by atoms with Crippen molar-refractivity contribution in [2.45, 2.75) is 110 Å². The van der Waals surface area contributed by atoms with Gasteiger partial charge in [-0.3, -0.25) is 0 Å². The van der Waals surface area contributed by atoms with E-state index in [2.05, 4.69) is 107 Å². The topological polar surface area (TPSA) is 53.1 Å². The third-order valence-corrected chi connectivity index (χ3v) is 13.0. The van der Waals surface area contributed by atoms with Crippen molar-refractivity contribution in [1.29, 1.82) is 5.26 Å². The quantitative estimate of drug-likeness (QED) is 0.139. The molecule has 0 atom stereocenters. The Hall–Kier alpha value is -4.52. The molecule has 0 amide bonds.